The second-order valence-electron chi connectivity index (χ2n) is 7.12. The van der Waals surface area contributed by atoms with Gasteiger partial charge in [-0.3, -0.25) is 9.58 Å². The van der Waals surface area contributed by atoms with Crippen LogP contribution in [0.25, 0.3) is 0 Å². The summed E-state index contributed by atoms with van der Waals surface area (Å²) in [6.45, 7) is 8.45. The van der Waals surface area contributed by atoms with E-state index in [4.69, 9.17) is 0 Å². The van der Waals surface area contributed by atoms with Gasteiger partial charge < -0.3 is 4.90 Å². The number of hydrogen-bond acceptors (Lipinski definition) is 3. The van der Waals surface area contributed by atoms with E-state index in [-0.39, 0.29) is 0 Å². The molecule has 0 N–H and O–H groups in total. The van der Waals surface area contributed by atoms with Gasteiger partial charge in [0.25, 0.3) is 0 Å². The van der Waals surface area contributed by atoms with E-state index in [1.54, 1.807) is 0 Å². The van der Waals surface area contributed by atoms with E-state index < -0.39 is 0 Å². The second kappa shape index (κ2) is 7.75. The Hall–Kier alpha value is -2.59. The molecule has 0 unspecified atom stereocenters. The molecule has 0 amide bonds. The number of aromatic nitrogens is 2. The van der Waals surface area contributed by atoms with Gasteiger partial charge in [-0.15, -0.1) is 0 Å². The van der Waals surface area contributed by atoms with Crippen molar-refractivity contribution in [2.45, 2.75) is 20.0 Å². The number of aryl methyl sites for hydroxylation is 1. The van der Waals surface area contributed by atoms with Gasteiger partial charge >= 0.3 is 0 Å². The lowest BCUT2D eigenvalue weighted by atomic mass is 10.1. The smallest absolute Gasteiger partial charge is 0.0659 e. The van der Waals surface area contributed by atoms with Gasteiger partial charge in [0, 0.05) is 50.8 Å². The molecule has 0 saturated carbocycles. The number of rotatable bonds is 5. The molecule has 2 heterocycles. The van der Waals surface area contributed by atoms with Crippen LogP contribution in [0.4, 0.5) is 5.69 Å². The Labute approximate surface area is 155 Å². The number of nitrogens with zero attached hydrogens (tertiary/aromatic N) is 4. The molecule has 4 nitrogen and oxygen atoms in total. The predicted octanol–water partition coefficient (Wildman–Crippen LogP) is 3.56. The summed E-state index contributed by atoms with van der Waals surface area (Å²) in [5, 5.41) is 4.27. The highest BCUT2D eigenvalue weighted by molar-refractivity contribution is 5.48. The highest BCUT2D eigenvalue weighted by Crippen LogP contribution is 2.19. The molecule has 2 aromatic carbocycles. The summed E-state index contributed by atoms with van der Waals surface area (Å²) < 4.78 is 1.96. The lowest BCUT2D eigenvalue weighted by Crippen LogP contribution is -2.45. The molecule has 0 atom stereocenters. The SMILES string of the molecule is Cc1cccc(N2CCN(Cc3ccc(Cn4cccn4)cc3)CC2)c1. The first-order valence-corrected chi connectivity index (χ1v) is 9.35. The maximum absolute atomic E-state index is 4.27. The molecule has 0 radical (unpaired) electrons. The van der Waals surface area contributed by atoms with Crippen LogP contribution in [0.5, 0.6) is 0 Å². The quantitative estimate of drug-likeness (QED) is 0.706. The van der Waals surface area contributed by atoms with Crippen LogP contribution in [0.2, 0.25) is 0 Å². The van der Waals surface area contributed by atoms with Crippen molar-refractivity contribution >= 4 is 5.69 Å². The average Bonchev–Trinajstić information content (AvgIpc) is 3.17. The van der Waals surface area contributed by atoms with Crippen LogP contribution in [0.1, 0.15) is 16.7 Å². The van der Waals surface area contributed by atoms with Crippen LogP contribution in [-0.2, 0) is 13.1 Å². The van der Waals surface area contributed by atoms with Gasteiger partial charge in [0.1, 0.15) is 0 Å². The standard InChI is InChI=1S/C22H26N4/c1-19-4-2-5-22(16-19)25-14-12-24(13-15-25)17-20-6-8-21(9-7-20)18-26-11-3-10-23-26/h2-11,16H,12-15,17-18H2,1H3. The fraction of sp³-hybridized carbons (Fsp3) is 0.318. The molecule has 1 aliphatic heterocycles. The maximum atomic E-state index is 4.27. The molecule has 4 heteroatoms. The van der Waals surface area contributed by atoms with Crippen molar-refractivity contribution in [3.05, 3.63) is 83.7 Å². The van der Waals surface area contributed by atoms with Gasteiger partial charge in [0.15, 0.2) is 0 Å². The van der Waals surface area contributed by atoms with E-state index in [9.17, 15) is 0 Å². The first kappa shape index (κ1) is 16.9. The molecule has 26 heavy (non-hydrogen) atoms. The summed E-state index contributed by atoms with van der Waals surface area (Å²) >= 11 is 0. The van der Waals surface area contributed by atoms with Crippen molar-refractivity contribution in [3.8, 4) is 0 Å². The van der Waals surface area contributed by atoms with Gasteiger partial charge in [0.2, 0.25) is 0 Å². The molecule has 3 aromatic rings. The zero-order valence-corrected chi connectivity index (χ0v) is 15.4. The van der Waals surface area contributed by atoms with Crippen LogP contribution in [-0.4, -0.2) is 40.9 Å². The molecule has 1 aromatic heterocycles. The Balaban J connectivity index is 1.30. The topological polar surface area (TPSA) is 24.3 Å². The zero-order chi connectivity index (χ0) is 17.8. The second-order valence-corrected chi connectivity index (χ2v) is 7.12. The normalized spacial score (nSPS) is 15.3. The van der Waals surface area contributed by atoms with E-state index >= 15 is 0 Å². The Morgan fingerprint density at radius 3 is 2.23 bits per heavy atom. The largest absolute Gasteiger partial charge is 0.369 e. The lowest BCUT2D eigenvalue weighted by Gasteiger charge is -2.36. The molecule has 134 valence electrons. The first-order chi connectivity index (χ1) is 12.8. The fourth-order valence-corrected chi connectivity index (χ4v) is 3.58. The molecule has 0 spiro atoms. The monoisotopic (exact) mass is 346 g/mol. The van der Waals surface area contributed by atoms with Gasteiger partial charge in [-0.05, 0) is 41.8 Å². The third kappa shape index (κ3) is 4.14. The van der Waals surface area contributed by atoms with Gasteiger partial charge in [-0.25, -0.2) is 0 Å². The van der Waals surface area contributed by atoms with Crippen molar-refractivity contribution in [3.63, 3.8) is 0 Å². The van der Waals surface area contributed by atoms with Crippen molar-refractivity contribution in [2.75, 3.05) is 31.1 Å². The number of hydrogen-bond donors (Lipinski definition) is 0. The third-order valence-corrected chi connectivity index (χ3v) is 5.07. The molecule has 1 fully saturated rings. The third-order valence-electron chi connectivity index (χ3n) is 5.07. The minimum Gasteiger partial charge on any atom is -0.369 e. The maximum Gasteiger partial charge on any atom is 0.0659 e. The molecular weight excluding hydrogens is 320 g/mol. The van der Waals surface area contributed by atoms with Crippen molar-refractivity contribution < 1.29 is 0 Å². The number of piperazine rings is 1. The van der Waals surface area contributed by atoms with Crippen LogP contribution >= 0.6 is 0 Å². The Morgan fingerprint density at radius 1 is 0.846 bits per heavy atom. The number of benzene rings is 2. The first-order valence-electron chi connectivity index (χ1n) is 9.35. The summed E-state index contributed by atoms with van der Waals surface area (Å²) in [6.07, 6.45) is 3.83. The summed E-state index contributed by atoms with van der Waals surface area (Å²) in [5.74, 6) is 0. The number of anilines is 1. The van der Waals surface area contributed by atoms with Crippen molar-refractivity contribution in [1.29, 1.82) is 0 Å². The van der Waals surface area contributed by atoms with Crippen molar-refractivity contribution in [1.82, 2.24) is 14.7 Å². The molecule has 0 bridgehead atoms. The summed E-state index contributed by atoms with van der Waals surface area (Å²) in [4.78, 5) is 5.05. The van der Waals surface area contributed by atoms with Crippen LogP contribution < -0.4 is 4.90 Å². The predicted molar refractivity (Wildman–Crippen MR) is 106 cm³/mol. The molecule has 1 saturated heterocycles. The van der Waals surface area contributed by atoms with Gasteiger partial charge in [-0.2, -0.15) is 5.10 Å². The summed E-state index contributed by atoms with van der Waals surface area (Å²) in [6, 6.07) is 19.7. The van der Waals surface area contributed by atoms with Gasteiger partial charge in [-0.1, -0.05) is 36.4 Å². The van der Waals surface area contributed by atoms with E-state index in [1.807, 2.05) is 23.1 Å². The Kier molecular flexibility index (Phi) is 5.02. The summed E-state index contributed by atoms with van der Waals surface area (Å²) in [5.41, 5.74) is 5.37. The van der Waals surface area contributed by atoms with E-state index in [2.05, 4.69) is 70.4 Å². The Bertz CT molecular complexity index is 816. The highest BCUT2D eigenvalue weighted by atomic mass is 15.3. The van der Waals surface area contributed by atoms with Crippen LogP contribution in [0.3, 0.4) is 0 Å². The van der Waals surface area contributed by atoms with Crippen LogP contribution in [0, 0.1) is 6.92 Å². The molecule has 4 rings (SSSR count). The van der Waals surface area contributed by atoms with E-state index in [0.29, 0.717) is 0 Å². The molecule has 1 aliphatic rings. The fourth-order valence-electron chi connectivity index (χ4n) is 3.58. The van der Waals surface area contributed by atoms with Crippen molar-refractivity contribution in [2.24, 2.45) is 0 Å². The van der Waals surface area contributed by atoms with E-state index in [1.165, 1.54) is 22.4 Å². The molecular formula is C22H26N4. The Morgan fingerprint density at radius 2 is 1.58 bits per heavy atom. The lowest BCUT2D eigenvalue weighted by molar-refractivity contribution is 0.250. The average molecular weight is 346 g/mol. The highest BCUT2D eigenvalue weighted by Gasteiger charge is 2.17. The molecule has 0 aliphatic carbocycles. The van der Waals surface area contributed by atoms with E-state index in [0.717, 1.165) is 39.3 Å². The minimum atomic E-state index is 0.836. The summed E-state index contributed by atoms with van der Waals surface area (Å²) in [7, 11) is 0. The van der Waals surface area contributed by atoms with Crippen LogP contribution in [0.15, 0.2) is 67.0 Å². The van der Waals surface area contributed by atoms with Gasteiger partial charge in [0.05, 0.1) is 6.54 Å². The zero-order valence-electron chi connectivity index (χ0n) is 15.4. The minimum absolute atomic E-state index is 0.836.